The number of anilines is 1. The molecule has 0 atom stereocenters. The van der Waals surface area contributed by atoms with Gasteiger partial charge in [0.1, 0.15) is 0 Å². The van der Waals surface area contributed by atoms with E-state index in [1.54, 1.807) is 0 Å². The number of aromatic nitrogens is 3. The second kappa shape index (κ2) is 6.39. The highest BCUT2D eigenvalue weighted by Crippen LogP contribution is 2.63. The van der Waals surface area contributed by atoms with Crippen LogP contribution in [-0.2, 0) is 14.5 Å². The highest BCUT2D eigenvalue weighted by molar-refractivity contribution is 5.90. The third kappa shape index (κ3) is 2.89. The summed E-state index contributed by atoms with van der Waals surface area (Å²) in [5.74, 6) is 1.94. The minimum Gasteiger partial charge on any atom is -0.366 e. The topological polar surface area (TPSA) is 124 Å². The number of rotatable bonds is 3. The molecular weight excluding hydrogens is 374 g/mol. The Morgan fingerprint density at radius 2 is 1.79 bits per heavy atom. The number of nitrogens with one attached hydrogen (secondary N) is 2. The normalized spacial score (nSPS) is 45.3. The minimum atomic E-state index is -0.602. The van der Waals surface area contributed by atoms with Crippen molar-refractivity contribution in [2.45, 2.75) is 69.4 Å². The van der Waals surface area contributed by atoms with Crippen LogP contribution in [0.25, 0.3) is 0 Å². The van der Waals surface area contributed by atoms with Gasteiger partial charge in [-0.3, -0.25) is 9.89 Å². The number of nitrogens with two attached hydrogens (primary N) is 1. The van der Waals surface area contributed by atoms with E-state index in [-0.39, 0.29) is 17.7 Å². The van der Waals surface area contributed by atoms with Crippen molar-refractivity contribution in [3.05, 3.63) is 5.82 Å². The van der Waals surface area contributed by atoms with E-state index >= 15 is 0 Å². The van der Waals surface area contributed by atoms with Gasteiger partial charge in [-0.1, -0.05) is 0 Å². The summed E-state index contributed by atoms with van der Waals surface area (Å²) in [7, 11) is 0. The zero-order valence-electron chi connectivity index (χ0n) is 16.6. The molecule has 158 valence electrons. The molecule has 9 nitrogen and oxygen atoms in total. The van der Waals surface area contributed by atoms with E-state index in [4.69, 9.17) is 20.2 Å². The molecule has 7 rings (SSSR count). The van der Waals surface area contributed by atoms with Gasteiger partial charge in [-0.15, -0.1) is 5.10 Å². The molecule has 1 aliphatic heterocycles. The van der Waals surface area contributed by atoms with Crippen LogP contribution < -0.4 is 11.1 Å². The van der Waals surface area contributed by atoms with Crippen LogP contribution in [0, 0.1) is 29.6 Å². The standard InChI is InChI=1S/C20H29N5O4/c21-18-23-16(24-25-18)17(26)22-10-11-1-3-19(4-2-11)27-20(29-28-19)14-6-12-5-13(8-14)9-15(20)7-12/h11-15H,1-10H2,(H,22,26)(H3,21,23,24,25). The molecule has 0 unspecified atom stereocenters. The van der Waals surface area contributed by atoms with Crippen molar-refractivity contribution in [1.82, 2.24) is 20.5 Å². The largest absolute Gasteiger partial charge is 0.366 e. The Morgan fingerprint density at radius 3 is 2.41 bits per heavy atom. The Balaban J connectivity index is 1.05. The lowest BCUT2D eigenvalue weighted by atomic mass is 9.53. The fourth-order valence-corrected chi connectivity index (χ4v) is 6.81. The lowest BCUT2D eigenvalue weighted by Gasteiger charge is -2.57. The zero-order chi connectivity index (χ0) is 19.6. The van der Waals surface area contributed by atoms with Crippen molar-refractivity contribution in [1.29, 1.82) is 0 Å². The number of ether oxygens (including phenoxy) is 1. The first kappa shape index (κ1) is 18.1. The monoisotopic (exact) mass is 403 g/mol. The van der Waals surface area contributed by atoms with Crippen molar-refractivity contribution in [2.24, 2.45) is 29.6 Å². The molecule has 5 saturated carbocycles. The maximum atomic E-state index is 12.1. The van der Waals surface area contributed by atoms with Crippen LogP contribution in [0.15, 0.2) is 0 Å². The predicted octanol–water partition coefficient (Wildman–Crippen LogP) is 2.13. The van der Waals surface area contributed by atoms with E-state index in [9.17, 15) is 4.79 Å². The quantitative estimate of drug-likeness (QED) is 0.660. The third-order valence-corrected chi connectivity index (χ3v) is 8.08. The summed E-state index contributed by atoms with van der Waals surface area (Å²) in [6.45, 7) is 0.593. The van der Waals surface area contributed by atoms with Crippen LogP contribution in [0.3, 0.4) is 0 Å². The average molecular weight is 403 g/mol. The summed E-state index contributed by atoms with van der Waals surface area (Å²) in [6.07, 6.45) is 9.79. The van der Waals surface area contributed by atoms with Gasteiger partial charge in [0, 0.05) is 31.2 Å². The zero-order valence-corrected chi connectivity index (χ0v) is 16.6. The van der Waals surface area contributed by atoms with Gasteiger partial charge in [-0.05, 0) is 62.7 Å². The van der Waals surface area contributed by atoms with E-state index in [1.165, 1.54) is 32.1 Å². The third-order valence-electron chi connectivity index (χ3n) is 8.08. The van der Waals surface area contributed by atoms with Crippen LogP contribution in [-0.4, -0.2) is 39.2 Å². The molecule has 5 aliphatic carbocycles. The van der Waals surface area contributed by atoms with E-state index in [0.29, 0.717) is 24.3 Å². The molecule has 2 heterocycles. The van der Waals surface area contributed by atoms with Gasteiger partial charge in [0.05, 0.1) is 0 Å². The predicted molar refractivity (Wildman–Crippen MR) is 101 cm³/mol. The summed E-state index contributed by atoms with van der Waals surface area (Å²) in [5, 5.41) is 9.14. The summed E-state index contributed by atoms with van der Waals surface area (Å²) in [6, 6.07) is 0. The molecule has 9 heteroatoms. The highest BCUT2D eigenvalue weighted by atomic mass is 17.3. The second-order valence-corrected chi connectivity index (χ2v) is 9.90. The number of nitrogen functional groups attached to an aromatic ring is 1. The Kier molecular flexibility index (Phi) is 3.99. The number of carbonyl (C=O) groups excluding carboxylic acids is 1. The average Bonchev–Trinajstić information content (AvgIpc) is 3.31. The Hall–Kier alpha value is -1.71. The number of nitrogens with zero attached hydrogens (tertiary/aromatic N) is 2. The van der Waals surface area contributed by atoms with Crippen LogP contribution >= 0.6 is 0 Å². The number of aromatic amines is 1. The first-order chi connectivity index (χ1) is 14.0. The van der Waals surface area contributed by atoms with Gasteiger partial charge in [0.25, 0.3) is 5.91 Å². The number of hydrogen-bond acceptors (Lipinski definition) is 7. The van der Waals surface area contributed by atoms with E-state index in [2.05, 4.69) is 20.5 Å². The summed E-state index contributed by atoms with van der Waals surface area (Å²) < 4.78 is 6.73. The molecule has 2 spiro atoms. The molecule has 6 fully saturated rings. The molecule has 4 bridgehead atoms. The van der Waals surface area contributed by atoms with E-state index < -0.39 is 11.6 Å². The molecule has 6 aliphatic rings. The van der Waals surface area contributed by atoms with Gasteiger partial charge in [0.15, 0.2) is 0 Å². The van der Waals surface area contributed by atoms with Crippen molar-refractivity contribution >= 4 is 11.9 Å². The lowest BCUT2D eigenvalue weighted by Crippen LogP contribution is -2.59. The first-order valence-corrected chi connectivity index (χ1v) is 11.1. The number of carbonyl (C=O) groups is 1. The molecule has 4 N–H and O–H groups in total. The molecule has 0 radical (unpaired) electrons. The molecule has 1 amide bonds. The highest BCUT2D eigenvalue weighted by Gasteiger charge is 2.66. The smallest absolute Gasteiger partial charge is 0.288 e. The number of hydrogen-bond donors (Lipinski definition) is 3. The van der Waals surface area contributed by atoms with Gasteiger partial charge in [-0.2, -0.15) is 14.8 Å². The van der Waals surface area contributed by atoms with E-state index in [0.717, 1.165) is 37.5 Å². The van der Waals surface area contributed by atoms with Crippen molar-refractivity contribution in [3.8, 4) is 0 Å². The van der Waals surface area contributed by atoms with Gasteiger partial charge < -0.3 is 15.8 Å². The van der Waals surface area contributed by atoms with Crippen molar-refractivity contribution in [3.63, 3.8) is 0 Å². The van der Waals surface area contributed by atoms with E-state index in [1.807, 2.05) is 0 Å². The summed E-state index contributed by atoms with van der Waals surface area (Å²) in [5.41, 5.74) is 5.45. The molecule has 0 aromatic carbocycles. The van der Waals surface area contributed by atoms with Crippen LogP contribution in [0.5, 0.6) is 0 Å². The first-order valence-electron chi connectivity index (χ1n) is 11.1. The lowest BCUT2D eigenvalue weighted by molar-refractivity contribution is -0.390. The van der Waals surface area contributed by atoms with Gasteiger partial charge in [-0.25, -0.2) is 0 Å². The number of H-pyrrole nitrogens is 1. The Labute approximate surface area is 169 Å². The SMILES string of the molecule is Nc1n[nH]c(C(=O)NCC2CCC3(CC2)OOC2(O3)C3CC4CC(C3)CC2C4)n1. The molecule has 1 saturated heterocycles. The maximum Gasteiger partial charge on any atom is 0.288 e. The summed E-state index contributed by atoms with van der Waals surface area (Å²) in [4.78, 5) is 28.0. The molecule has 29 heavy (non-hydrogen) atoms. The van der Waals surface area contributed by atoms with Gasteiger partial charge in [0.2, 0.25) is 23.3 Å². The fraction of sp³-hybridized carbons (Fsp3) is 0.850. The van der Waals surface area contributed by atoms with Crippen LogP contribution in [0.1, 0.15) is 68.4 Å². The Bertz CT molecular complexity index is 775. The maximum absolute atomic E-state index is 12.1. The second-order valence-electron chi connectivity index (χ2n) is 9.90. The minimum absolute atomic E-state index is 0.0731. The molecular formula is C20H29N5O4. The van der Waals surface area contributed by atoms with Crippen molar-refractivity contribution < 1.29 is 19.3 Å². The van der Waals surface area contributed by atoms with Crippen molar-refractivity contribution in [2.75, 3.05) is 12.3 Å². The fourth-order valence-electron chi connectivity index (χ4n) is 6.81. The van der Waals surface area contributed by atoms with Gasteiger partial charge >= 0.3 is 0 Å². The Morgan fingerprint density at radius 1 is 1.10 bits per heavy atom. The molecule has 1 aromatic heterocycles. The molecule has 1 aromatic rings. The van der Waals surface area contributed by atoms with Crippen LogP contribution in [0.4, 0.5) is 5.95 Å². The van der Waals surface area contributed by atoms with Crippen LogP contribution in [0.2, 0.25) is 0 Å². The number of amides is 1. The summed E-state index contributed by atoms with van der Waals surface area (Å²) >= 11 is 0.